The zero-order valence-corrected chi connectivity index (χ0v) is 35.4. The number of hydrogen-bond acceptors (Lipinski definition) is 7. The van der Waals surface area contributed by atoms with Gasteiger partial charge in [0.2, 0.25) is 29.5 Å². The Balaban J connectivity index is 1.30. The van der Waals surface area contributed by atoms with E-state index in [0.29, 0.717) is 16.7 Å². The molecule has 0 fully saturated rings. The molecule has 6 atom stereocenters. The lowest BCUT2D eigenvalue weighted by molar-refractivity contribution is -0.142. The van der Waals surface area contributed by atoms with E-state index >= 15 is 0 Å². The number of aromatic amines is 2. The summed E-state index contributed by atoms with van der Waals surface area (Å²) in [5, 5.41) is 25.5. The van der Waals surface area contributed by atoms with Crippen LogP contribution in [0.3, 0.4) is 0 Å². The molecule has 15 nitrogen and oxygen atoms in total. The van der Waals surface area contributed by atoms with Crippen molar-refractivity contribution in [1.29, 1.82) is 0 Å². The Labute approximate surface area is 365 Å². The summed E-state index contributed by atoms with van der Waals surface area (Å²) in [6.45, 7) is 4.93. The second-order valence-corrected chi connectivity index (χ2v) is 16.1. The predicted molar refractivity (Wildman–Crippen MR) is 240 cm³/mol. The molecule has 0 aliphatic rings. The number of nitrogens with one attached hydrogen (secondary N) is 7. The molecule has 0 radical (unpaired) electrons. The number of carbonyl (C=O) groups is 6. The molecule has 0 saturated carbocycles. The van der Waals surface area contributed by atoms with Gasteiger partial charge in [0.15, 0.2) is 0 Å². The van der Waals surface area contributed by atoms with E-state index in [2.05, 4.69) is 36.6 Å². The van der Waals surface area contributed by atoms with Crippen LogP contribution in [0.2, 0.25) is 0 Å². The number of rotatable bonds is 20. The molecule has 6 aromatic rings. The molecule has 6 rings (SSSR count). The van der Waals surface area contributed by atoms with E-state index in [1.165, 1.54) is 6.92 Å². The summed E-state index contributed by atoms with van der Waals surface area (Å²) in [4.78, 5) is 88.9. The third kappa shape index (κ3) is 12.0. The number of carboxylic acid groups (broad SMARTS) is 1. The zero-order chi connectivity index (χ0) is 45.0. The monoisotopic (exact) mass is 854 g/mol. The van der Waals surface area contributed by atoms with Crippen LogP contribution in [0.4, 0.5) is 0 Å². The highest BCUT2D eigenvalue weighted by Gasteiger charge is 2.35. The average Bonchev–Trinajstić information content (AvgIpc) is 3.88. The van der Waals surface area contributed by atoms with Crippen LogP contribution in [0.15, 0.2) is 122 Å². The second-order valence-electron chi connectivity index (χ2n) is 16.1. The van der Waals surface area contributed by atoms with Crippen LogP contribution >= 0.6 is 0 Å². The first-order chi connectivity index (χ1) is 30.3. The van der Waals surface area contributed by atoms with Crippen molar-refractivity contribution in [3.05, 3.63) is 144 Å². The zero-order valence-electron chi connectivity index (χ0n) is 35.4. The Bertz CT molecular complexity index is 2540. The minimum Gasteiger partial charge on any atom is -0.480 e. The van der Waals surface area contributed by atoms with Crippen molar-refractivity contribution in [2.45, 2.75) is 82.7 Å². The highest BCUT2D eigenvalue weighted by Crippen LogP contribution is 2.22. The van der Waals surface area contributed by atoms with Crippen LogP contribution in [0.1, 0.15) is 43.0 Å². The molecular formula is C48H54N8O7. The molecule has 63 heavy (non-hydrogen) atoms. The molecule has 2 heterocycles. The van der Waals surface area contributed by atoms with Gasteiger partial charge in [-0.05, 0) is 47.2 Å². The number of carboxylic acids is 1. The molecule has 0 spiro atoms. The SMILES string of the molecule is CC(C)[C@H](NC(=O)[C@H](Cc1c[nH]c2ccccc12)NC(=O)[C@H](Cc1c[nH]c2ccccc12)NC(=O)[C@H](Cc1ccccc1)NC(=O)[C@H](C)N)C(=O)N[C@@H](Cc1ccccc1)C(=O)O. The molecule has 0 bridgehead atoms. The summed E-state index contributed by atoms with van der Waals surface area (Å²) >= 11 is 0. The number of benzene rings is 4. The first-order valence-corrected chi connectivity index (χ1v) is 21.0. The average molecular weight is 855 g/mol. The summed E-state index contributed by atoms with van der Waals surface area (Å²) < 4.78 is 0. The quantitative estimate of drug-likeness (QED) is 0.0550. The van der Waals surface area contributed by atoms with Crippen LogP contribution in [-0.4, -0.2) is 86.8 Å². The van der Waals surface area contributed by atoms with Crippen molar-refractivity contribution in [3.8, 4) is 0 Å². The van der Waals surface area contributed by atoms with Crippen molar-refractivity contribution >= 4 is 57.3 Å². The third-order valence-corrected chi connectivity index (χ3v) is 10.9. The minimum atomic E-state index is -1.29. The third-order valence-electron chi connectivity index (χ3n) is 10.9. The van der Waals surface area contributed by atoms with E-state index in [9.17, 15) is 33.9 Å². The van der Waals surface area contributed by atoms with Crippen LogP contribution in [0.5, 0.6) is 0 Å². The van der Waals surface area contributed by atoms with Gasteiger partial charge in [0.25, 0.3) is 0 Å². The summed E-state index contributed by atoms with van der Waals surface area (Å²) in [7, 11) is 0. The van der Waals surface area contributed by atoms with Crippen molar-refractivity contribution < 1.29 is 33.9 Å². The normalized spacial score (nSPS) is 14.2. The van der Waals surface area contributed by atoms with Gasteiger partial charge in [-0.25, -0.2) is 4.79 Å². The van der Waals surface area contributed by atoms with Crippen molar-refractivity contribution in [2.24, 2.45) is 11.7 Å². The molecule has 4 aromatic carbocycles. The lowest BCUT2D eigenvalue weighted by atomic mass is 9.98. The van der Waals surface area contributed by atoms with Gasteiger partial charge in [0, 0.05) is 59.9 Å². The largest absolute Gasteiger partial charge is 0.480 e. The number of fused-ring (bicyclic) bond motifs is 2. The Hall–Kier alpha value is -7.26. The summed E-state index contributed by atoms with van der Waals surface area (Å²) in [5.41, 5.74) is 10.4. The van der Waals surface area contributed by atoms with Crippen LogP contribution in [-0.2, 0) is 54.5 Å². The molecule has 0 unspecified atom stereocenters. The van der Waals surface area contributed by atoms with Gasteiger partial charge in [0.1, 0.15) is 30.2 Å². The molecule has 328 valence electrons. The number of nitrogens with two attached hydrogens (primary N) is 1. The van der Waals surface area contributed by atoms with E-state index in [1.54, 1.807) is 56.6 Å². The molecule has 0 aliphatic carbocycles. The molecule has 15 heteroatoms. The fourth-order valence-electron chi connectivity index (χ4n) is 7.47. The number of aliphatic carboxylic acids is 1. The number of para-hydroxylation sites is 2. The molecule has 10 N–H and O–H groups in total. The van der Waals surface area contributed by atoms with Gasteiger partial charge in [-0.3, -0.25) is 24.0 Å². The fraction of sp³-hybridized carbons (Fsp3) is 0.292. The van der Waals surface area contributed by atoms with Crippen LogP contribution < -0.4 is 32.3 Å². The van der Waals surface area contributed by atoms with Crippen molar-refractivity contribution in [1.82, 2.24) is 36.6 Å². The van der Waals surface area contributed by atoms with Gasteiger partial charge in [-0.15, -0.1) is 0 Å². The topological polar surface area (TPSA) is 240 Å². The summed E-state index contributed by atoms with van der Waals surface area (Å²) in [6.07, 6.45) is 3.59. The van der Waals surface area contributed by atoms with Crippen LogP contribution in [0, 0.1) is 5.92 Å². The van der Waals surface area contributed by atoms with E-state index < -0.39 is 77.7 Å². The number of carbonyl (C=O) groups excluding carboxylic acids is 5. The first-order valence-electron chi connectivity index (χ1n) is 21.0. The van der Waals surface area contributed by atoms with E-state index in [4.69, 9.17) is 5.73 Å². The number of hydrogen-bond donors (Lipinski definition) is 9. The summed E-state index contributed by atoms with van der Waals surface area (Å²) in [5.74, 6) is -5.06. The van der Waals surface area contributed by atoms with E-state index in [0.717, 1.165) is 27.4 Å². The number of H-pyrrole nitrogens is 2. The maximum atomic E-state index is 14.7. The van der Waals surface area contributed by atoms with Crippen molar-refractivity contribution in [3.63, 3.8) is 0 Å². The van der Waals surface area contributed by atoms with Crippen molar-refractivity contribution in [2.75, 3.05) is 0 Å². The molecule has 5 amide bonds. The Morgan fingerprint density at radius 1 is 0.492 bits per heavy atom. The second kappa shape index (κ2) is 21.0. The predicted octanol–water partition coefficient (Wildman–Crippen LogP) is 3.43. The Morgan fingerprint density at radius 2 is 0.873 bits per heavy atom. The number of aromatic nitrogens is 2. The number of amides is 5. The maximum Gasteiger partial charge on any atom is 0.326 e. The van der Waals surface area contributed by atoms with E-state index in [-0.39, 0.29) is 25.7 Å². The minimum absolute atomic E-state index is 0.00266. The lowest BCUT2D eigenvalue weighted by Gasteiger charge is -2.28. The highest BCUT2D eigenvalue weighted by molar-refractivity contribution is 5.97. The fourth-order valence-corrected chi connectivity index (χ4v) is 7.47. The van der Waals surface area contributed by atoms with Gasteiger partial charge in [0.05, 0.1) is 6.04 Å². The Kier molecular flexibility index (Phi) is 15.1. The van der Waals surface area contributed by atoms with Gasteiger partial charge in [-0.1, -0.05) is 111 Å². The molecule has 2 aromatic heterocycles. The summed E-state index contributed by atoms with van der Waals surface area (Å²) in [6, 6.07) is 25.9. The van der Waals surface area contributed by atoms with Gasteiger partial charge < -0.3 is 47.4 Å². The smallest absolute Gasteiger partial charge is 0.326 e. The van der Waals surface area contributed by atoms with Gasteiger partial charge in [-0.2, -0.15) is 0 Å². The highest BCUT2D eigenvalue weighted by atomic mass is 16.4. The molecular weight excluding hydrogens is 801 g/mol. The Morgan fingerprint density at radius 3 is 1.32 bits per heavy atom. The molecule has 0 saturated heterocycles. The first kappa shape index (κ1) is 45.3. The van der Waals surface area contributed by atoms with Gasteiger partial charge >= 0.3 is 5.97 Å². The van der Waals surface area contributed by atoms with Crippen LogP contribution in [0.25, 0.3) is 21.8 Å². The lowest BCUT2D eigenvalue weighted by Crippen LogP contribution is -2.60. The maximum absolute atomic E-state index is 14.7. The molecule has 0 aliphatic heterocycles. The standard InChI is InChI=1S/C48H54N8O7/c1-28(2)42(47(61)55-41(48(62)63)23-31-16-8-5-9-17-31)56-46(60)40(25-33-27-51-37-21-13-11-19-35(33)37)54-45(59)39(24-32-26-50-36-20-12-10-18-34(32)36)53-44(58)38(52-43(57)29(3)49)22-30-14-6-4-7-15-30/h4-21,26-29,38-42,50-51H,22-25,49H2,1-3H3,(H,52,57)(H,53,58)(H,54,59)(H,55,61)(H,56,60)(H,62,63)/t29-,38-,39-,40-,41-,42-/m0/s1. The van der Waals surface area contributed by atoms with E-state index in [1.807, 2.05) is 78.9 Å².